The lowest BCUT2D eigenvalue weighted by atomic mass is 9.95. The fourth-order valence-electron chi connectivity index (χ4n) is 1.89. The minimum absolute atomic E-state index is 0.119. The Morgan fingerprint density at radius 3 is 2.76 bits per heavy atom. The summed E-state index contributed by atoms with van der Waals surface area (Å²) in [6.45, 7) is 4.56. The molecule has 96 valence electrons. The van der Waals surface area contributed by atoms with Crippen molar-refractivity contribution >= 4 is 0 Å². The normalized spacial score (nSPS) is 12.6. The molecule has 0 radical (unpaired) electrons. The van der Waals surface area contributed by atoms with E-state index in [9.17, 15) is 4.39 Å². The number of benzene rings is 1. The quantitative estimate of drug-likeness (QED) is 0.704. The molecule has 1 atom stereocenters. The van der Waals surface area contributed by atoms with Gasteiger partial charge in [0.05, 0.1) is 0 Å². The first-order chi connectivity index (χ1) is 8.29. The second-order valence-electron chi connectivity index (χ2n) is 4.20. The summed E-state index contributed by atoms with van der Waals surface area (Å²) in [4.78, 5) is 0. The van der Waals surface area contributed by atoms with Gasteiger partial charge in [-0.2, -0.15) is 0 Å². The predicted molar refractivity (Wildman–Crippen MR) is 68.8 cm³/mol. The van der Waals surface area contributed by atoms with E-state index in [1.165, 1.54) is 6.07 Å². The zero-order chi connectivity index (χ0) is 12.5. The molecule has 0 heterocycles. The second-order valence-corrected chi connectivity index (χ2v) is 4.20. The van der Waals surface area contributed by atoms with Crippen molar-refractivity contribution in [3.8, 4) is 0 Å². The molecule has 1 rings (SSSR count). The zero-order valence-electron chi connectivity index (χ0n) is 10.7. The van der Waals surface area contributed by atoms with E-state index < -0.39 is 0 Å². The summed E-state index contributed by atoms with van der Waals surface area (Å²) in [5, 5.41) is 3.35. The molecule has 1 aromatic rings. The van der Waals surface area contributed by atoms with Crippen LogP contribution in [0.15, 0.2) is 24.3 Å². The monoisotopic (exact) mass is 239 g/mol. The largest absolute Gasteiger partial charge is 0.385 e. The molecule has 0 aliphatic heterocycles. The highest BCUT2D eigenvalue weighted by Crippen LogP contribution is 2.21. The summed E-state index contributed by atoms with van der Waals surface area (Å²) >= 11 is 0. The molecule has 0 saturated carbocycles. The average Bonchev–Trinajstić information content (AvgIpc) is 2.35. The highest BCUT2D eigenvalue weighted by molar-refractivity contribution is 5.22. The van der Waals surface area contributed by atoms with Crippen LogP contribution >= 0.6 is 0 Å². The Labute approximate surface area is 103 Å². The maximum Gasteiger partial charge on any atom is 0.126 e. The number of ether oxygens (including phenoxy) is 1. The molecule has 0 aromatic heterocycles. The zero-order valence-corrected chi connectivity index (χ0v) is 10.7. The molecule has 0 aliphatic carbocycles. The molecule has 1 unspecified atom stereocenters. The standard InChI is InChI=1S/C14H22FNO/c1-3-9-16-11-12(8-10-17-2)13-6-4-5-7-14(13)15/h4-7,12,16H,3,8-11H2,1-2H3. The molecule has 0 amide bonds. The average molecular weight is 239 g/mol. The van der Waals surface area contributed by atoms with E-state index in [2.05, 4.69) is 12.2 Å². The summed E-state index contributed by atoms with van der Waals surface area (Å²) in [6.07, 6.45) is 1.93. The summed E-state index contributed by atoms with van der Waals surface area (Å²) < 4.78 is 18.8. The van der Waals surface area contributed by atoms with Crippen LogP contribution in [-0.2, 0) is 4.74 Å². The Morgan fingerprint density at radius 2 is 2.12 bits per heavy atom. The van der Waals surface area contributed by atoms with Gasteiger partial charge in [0.25, 0.3) is 0 Å². The number of hydrogen-bond acceptors (Lipinski definition) is 2. The third-order valence-electron chi connectivity index (χ3n) is 2.83. The fraction of sp³-hybridized carbons (Fsp3) is 0.571. The molecule has 0 bridgehead atoms. The van der Waals surface area contributed by atoms with Gasteiger partial charge in [-0.3, -0.25) is 0 Å². The molecule has 0 aliphatic rings. The summed E-state index contributed by atoms with van der Waals surface area (Å²) in [6, 6.07) is 7.00. The van der Waals surface area contributed by atoms with Crippen LogP contribution in [0.5, 0.6) is 0 Å². The van der Waals surface area contributed by atoms with Crippen LogP contribution < -0.4 is 5.32 Å². The van der Waals surface area contributed by atoms with Crippen molar-refractivity contribution in [1.29, 1.82) is 0 Å². The van der Waals surface area contributed by atoms with Crippen LogP contribution in [0.2, 0.25) is 0 Å². The van der Waals surface area contributed by atoms with Gasteiger partial charge in [-0.25, -0.2) is 4.39 Å². The fourth-order valence-corrected chi connectivity index (χ4v) is 1.89. The first kappa shape index (κ1) is 14.1. The van der Waals surface area contributed by atoms with Crippen LogP contribution in [0.3, 0.4) is 0 Å². The summed E-state index contributed by atoms with van der Waals surface area (Å²) in [5.41, 5.74) is 0.785. The van der Waals surface area contributed by atoms with Crippen molar-refractivity contribution in [1.82, 2.24) is 5.32 Å². The minimum atomic E-state index is -0.119. The predicted octanol–water partition coefficient (Wildman–Crippen LogP) is 2.95. The van der Waals surface area contributed by atoms with Crippen LogP contribution in [0, 0.1) is 5.82 Å². The highest BCUT2D eigenvalue weighted by atomic mass is 19.1. The molecule has 0 saturated heterocycles. The van der Waals surface area contributed by atoms with Gasteiger partial charge in [0, 0.05) is 26.2 Å². The Kier molecular flexibility index (Phi) is 6.82. The van der Waals surface area contributed by atoms with Gasteiger partial charge in [-0.1, -0.05) is 25.1 Å². The van der Waals surface area contributed by atoms with Crippen molar-refractivity contribution in [2.45, 2.75) is 25.7 Å². The van der Waals surface area contributed by atoms with Gasteiger partial charge in [-0.15, -0.1) is 0 Å². The molecule has 1 N–H and O–H groups in total. The molecular weight excluding hydrogens is 217 g/mol. The Bertz CT molecular complexity index is 317. The highest BCUT2D eigenvalue weighted by Gasteiger charge is 2.14. The van der Waals surface area contributed by atoms with Crippen molar-refractivity contribution < 1.29 is 9.13 Å². The van der Waals surface area contributed by atoms with E-state index in [0.29, 0.717) is 6.61 Å². The molecule has 3 heteroatoms. The van der Waals surface area contributed by atoms with Crippen molar-refractivity contribution in [2.75, 3.05) is 26.8 Å². The first-order valence-corrected chi connectivity index (χ1v) is 6.23. The molecular formula is C14H22FNO. The van der Waals surface area contributed by atoms with E-state index in [-0.39, 0.29) is 11.7 Å². The van der Waals surface area contributed by atoms with E-state index in [1.807, 2.05) is 12.1 Å². The van der Waals surface area contributed by atoms with E-state index >= 15 is 0 Å². The van der Waals surface area contributed by atoms with Crippen molar-refractivity contribution in [3.63, 3.8) is 0 Å². The van der Waals surface area contributed by atoms with Gasteiger partial charge in [0.15, 0.2) is 0 Å². The number of rotatable bonds is 8. The van der Waals surface area contributed by atoms with Crippen molar-refractivity contribution in [3.05, 3.63) is 35.6 Å². The van der Waals surface area contributed by atoms with Crippen molar-refractivity contribution in [2.24, 2.45) is 0 Å². The lowest BCUT2D eigenvalue weighted by Crippen LogP contribution is -2.23. The van der Waals surface area contributed by atoms with Gasteiger partial charge >= 0.3 is 0 Å². The summed E-state index contributed by atoms with van der Waals surface area (Å²) in [7, 11) is 1.68. The van der Waals surface area contributed by atoms with Gasteiger partial charge in [0.2, 0.25) is 0 Å². The third kappa shape index (κ3) is 4.84. The maximum atomic E-state index is 13.7. The van der Waals surface area contributed by atoms with Crippen LogP contribution in [-0.4, -0.2) is 26.8 Å². The number of hydrogen-bond donors (Lipinski definition) is 1. The van der Waals surface area contributed by atoms with E-state index in [4.69, 9.17) is 4.74 Å². The molecule has 0 spiro atoms. The number of methoxy groups -OCH3 is 1. The van der Waals surface area contributed by atoms with E-state index in [1.54, 1.807) is 13.2 Å². The molecule has 0 fully saturated rings. The first-order valence-electron chi connectivity index (χ1n) is 6.23. The van der Waals surface area contributed by atoms with Gasteiger partial charge in [-0.05, 0) is 31.0 Å². The minimum Gasteiger partial charge on any atom is -0.385 e. The SMILES string of the molecule is CCCNCC(CCOC)c1ccccc1F. The van der Waals surface area contributed by atoms with Gasteiger partial charge in [0.1, 0.15) is 5.82 Å². The second kappa shape index (κ2) is 8.20. The topological polar surface area (TPSA) is 21.3 Å². The van der Waals surface area contributed by atoms with Crippen LogP contribution in [0.4, 0.5) is 4.39 Å². The smallest absolute Gasteiger partial charge is 0.126 e. The van der Waals surface area contributed by atoms with Gasteiger partial charge < -0.3 is 10.1 Å². The molecule has 1 aromatic carbocycles. The Hall–Kier alpha value is -0.930. The Balaban J connectivity index is 2.64. The lowest BCUT2D eigenvalue weighted by molar-refractivity contribution is 0.186. The lowest BCUT2D eigenvalue weighted by Gasteiger charge is -2.18. The Morgan fingerprint density at radius 1 is 1.35 bits per heavy atom. The number of halogens is 1. The molecule has 2 nitrogen and oxygen atoms in total. The third-order valence-corrected chi connectivity index (χ3v) is 2.83. The van der Waals surface area contributed by atoms with Crippen LogP contribution in [0.25, 0.3) is 0 Å². The van der Waals surface area contributed by atoms with E-state index in [0.717, 1.165) is 31.5 Å². The molecule has 17 heavy (non-hydrogen) atoms. The van der Waals surface area contributed by atoms with Crippen LogP contribution in [0.1, 0.15) is 31.2 Å². The maximum absolute atomic E-state index is 13.7. The number of nitrogens with one attached hydrogen (secondary N) is 1. The summed E-state index contributed by atoms with van der Waals surface area (Å²) in [5.74, 6) is 0.0644.